The minimum Gasteiger partial charge on any atom is -0.507 e. The van der Waals surface area contributed by atoms with Crippen molar-refractivity contribution in [3.8, 4) is 5.75 Å². The van der Waals surface area contributed by atoms with E-state index in [1.807, 2.05) is 17.7 Å². The molecule has 0 bridgehead atoms. The quantitative estimate of drug-likeness (QED) is 0.498. The number of guanidine groups is 1. The Morgan fingerprint density at radius 1 is 1.25 bits per heavy atom. The van der Waals surface area contributed by atoms with Crippen LogP contribution in [0.5, 0.6) is 5.75 Å². The van der Waals surface area contributed by atoms with Crippen molar-refractivity contribution in [3.63, 3.8) is 0 Å². The van der Waals surface area contributed by atoms with Crippen molar-refractivity contribution in [2.45, 2.75) is 18.7 Å². The average Bonchev–Trinajstić information content (AvgIpc) is 2.48. The molecule has 0 aromatic heterocycles. The van der Waals surface area contributed by atoms with Gasteiger partial charge in [-0.2, -0.15) is 0 Å². The molecule has 7 nitrogen and oxygen atoms in total. The van der Waals surface area contributed by atoms with Gasteiger partial charge in [0.05, 0.1) is 10.6 Å². The Hall–Kier alpha value is -2.87. The van der Waals surface area contributed by atoms with E-state index in [1.54, 1.807) is 13.0 Å². The van der Waals surface area contributed by atoms with Crippen molar-refractivity contribution in [1.82, 2.24) is 4.72 Å². The largest absolute Gasteiger partial charge is 0.507 e. The van der Waals surface area contributed by atoms with E-state index in [1.165, 1.54) is 30.5 Å². The summed E-state index contributed by atoms with van der Waals surface area (Å²) in [7, 11) is -3.85. The maximum Gasteiger partial charge on any atom is 0.264 e. The number of nitrogens with one attached hydrogen (secondary N) is 2. The first-order valence-corrected chi connectivity index (χ1v) is 8.48. The van der Waals surface area contributed by atoms with Crippen molar-refractivity contribution in [1.29, 1.82) is 5.41 Å². The third-order valence-corrected chi connectivity index (χ3v) is 4.60. The van der Waals surface area contributed by atoms with Gasteiger partial charge < -0.3 is 10.8 Å². The lowest BCUT2D eigenvalue weighted by Gasteiger charge is -2.06. The minimum atomic E-state index is -3.85. The number of rotatable bonds is 4. The number of hydrogen-bond donors (Lipinski definition) is 4. The Bertz CT molecular complexity index is 904. The highest BCUT2D eigenvalue weighted by molar-refractivity contribution is 7.90. The van der Waals surface area contributed by atoms with Crippen molar-refractivity contribution in [3.05, 3.63) is 53.1 Å². The number of sulfonamides is 1. The maximum atomic E-state index is 11.8. The van der Waals surface area contributed by atoms with Gasteiger partial charge in [-0.3, -0.25) is 10.4 Å². The number of hydrogen-bond acceptors (Lipinski definition) is 5. The fourth-order valence-electron chi connectivity index (χ4n) is 2.15. The summed E-state index contributed by atoms with van der Waals surface area (Å²) in [5.74, 6) is -0.489. The third kappa shape index (κ3) is 4.11. The molecule has 0 saturated heterocycles. The van der Waals surface area contributed by atoms with E-state index >= 15 is 0 Å². The van der Waals surface area contributed by atoms with E-state index < -0.39 is 16.0 Å². The third-order valence-electron chi connectivity index (χ3n) is 3.22. The first-order chi connectivity index (χ1) is 11.2. The number of phenolic OH excluding ortho intramolecular Hbond substituents is 1. The summed E-state index contributed by atoms with van der Waals surface area (Å²) in [5.41, 5.74) is 7.91. The predicted octanol–water partition coefficient (Wildman–Crippen LogP) is 1.93. The number of aryl methyl sites for hydroxylation is 2. The Labute approximate surface area is 140 Å². The summed E-state index contributed by atoms with van der Waals surface area (Å²) in [5, 5.41) is 17.0. The molecule has 0 radical (unpaired) electrons. The molecule has 0 saturated carbocycles. The highest BCUT2D eigenvalue weighted by atomic mass is 32.2. The maximum absolute atomic E-state index is 11.8. The molecule has 5 N–H and O–H groups in total. The highest BCUT2D eigenvalue weighted by Crippen LogP contribution is 2.23. The summed E-state index contributed by atoms with van der Waals surface area (Å²) in [4.78, 5) is 4.21. The van der Waals surface area contributed by atoms with Crippen LogP contribution in [0.25, 0.3) is 0 Å². The Morgan fingerprint density at radius 3 is 2.46 bits per heavy atom. The number of nitrogens with zero attached hydrogens (tertiary/aromatic N) is 1. The molecule has 0 fully saturated rings. The van der Waals surface area contributed by atoms with Gasteiger partial charge in [-0.15, -0.1) is 0 Å². The van der Waals surface area contributed by atoms with Gasteiger partial charge in [0, 0.05) is 11.8 Å². The number of benzene rings is 2. The predicted molar refractivity (Wildman–Crippen MR) is 93.5 cm³/mol. The zero-order valence-electron chi connectivity index (χ0n) is 13.2. The van der Waals surface area contributed by atoms with E-state index in [0.717, 1.165) is 11.1 Å². The van der Waals surface area contributed by atoms with Crippen LogP contribution in [0, 0.1) is 19.3 Å². The van der Waals surface area contributed by atoms with E-state index in [4.69, 9.17) is 11.1 Å². The topological polar surface area (TPSA) is 129 Å². The van der Waals surface area contributed by atoms with E-state index in [-0.39, 0.29) is 10.6 Å². The fraction of sp³-hybridized carbons (Fsp3) is 0.125. The molecule has 0 atom stereocenters. The Balaban J connectivity index is 2.25. The summed E-state index contributed by atoms with van der Waals surface area (Å²) < 4.78 is 25.6. The zero-order chi connectivity index (χ0) is 17.9. The van der Waals surface area contributed by atoms with Crippen LogP contribution in [0.15, 0.2) is 46.3 Å². The van der Waals surface area contributed by atoms with Crippen LogP contribution in [0.2, 0.25) is 0 Å². The lowest BCUT2D eigenvalue weighted by Crippen LogP contribution is -2.35. The van der Waals surface area contributed by atoms with Crippen LogP contribution in [-0.4, -0.2) is 25.7 Å². The van der Waals surface area contributed by atoms with Crippen LogP contribution in [0.4, 0.5) is 5.69 Å². The molecule has 0 spiro atoms. The second-order valence-corrected chi connectivity index (χ2v) is 6.97. The molecule has 2 aromatic carbocycles. The van der Waals surface area contributed by atoms with Crippen LogP contribution < -0.4 is 10.5 Å². The van der Waals surface area contributed by atoms with Crippen LogP contribution >= 0.6 is 0 Å². The van der Waals surface area contributed by atoms with Crippen LogP contribution in [0.1, 0.15) is 16.7 Å². The normalized spacial score (nSPS) is 11.6. The minimum absolute atomic E-state index is 0.0223. The summed E-state index contributed by atoms with van der Waals surface area (Å²) in [6.45, 7) is 3.73. The Kier molecular flexibility index (Phi) is 4.89. The second kappa shape index (κ2) is 6.71. The lowest BCUT2D eigenvalue weighted by atomic mass is 10.1. The van der Waals surface area contributed by atoms with Gasteiger partial charge in [0.2, 0.25) is 0 Å². The molecule has 8 heteroatoms. The van der Waals surface area contributed by atoms with Gasteiger partial charge in [0.1, 0.15) is 5.75 Å². The molecule has 0 amide bonds. The molecule has 126 valence electrons. The number of aromatic hydroxyl groups is 1. The smallest absolute Gasteiger partial charge is 0.264 e. The van der Waals surface area contributed by atoms with Gasteiger partial charge in [-0.25, -0.2) is 13.1 Å². The number of aliphatic imine (C=N–C) groups is 1. The van der Waals surface area contributed by atoms with E-state index in [2.05, 4.69) is 4.99 Å². The van der Waals surface area contributed by atoms with Gasteiger partial charge in [0.25, 0.3) is 10.0 Å². The van der Waals surface area contributed by atoms with Gasteiger partial charge >= 0.3 is 0 Å². The SMILES string of the molecule is Cc1cc(C)c(O)c(/C=N/c2ccc(S(=O)(=O)NC(=N)N)cc2)c1. The van der Waals surface area contributed by atoms with Gasteiger partial charge in [-0.05, 0) is 55.3 Å². The molecular weight excluding hydrogens is 328 g/mol. The Morgan fingerprint density at radius 2 is 1.88 bits per heavy atom. The number of nitrogens with two attached hydrogens (primary N) is 1. The molecule has 2 aromatic rings. The average molecular weight is 346 g/mol. The molecule has 24 heavy (non-hydrogen) atoms. The van der Waals surface area contributed by atoms with Gasteiger partial charge in [-0.1, -0.05) is 6.07 Å². The molecule has 0 aliphatic heterocycles. The first kappa shape index (κ1) is 17.5. The van der Waals surface area contributed by atoms with Crippen LogP contribution in [-0.2, 0) is 10.0 Å². The second-order valence-electron chi connectivity index (χ2n) is 5.29. The monoisotopic (exact) mass is 346 g/mol. The fourth-order valence-corrected chi connectivity index (χ4v) is 3.05. The molecule has 0 heterocycles. The van der Waals surface area contributed by atoms with Crippen LogP contribution in [0.3, 0.4) is 0 Å². The molecular formula is C16H18N4O3S. The van der Waals surface area contributed by atoms with E-state index in [0.29, 0.717) is 11.3 Å². The molecule has 2 rings (SSSR count). The van der Waals surface area contributed by atoms with E-state index in [9.17, 15) is 13.5 Å². The lowest BCUT2D eigenvalue weighted by molar-refractivity contribution is 0.470. The molecule has 0 aliphatic carbocycles. The molecule has 0 aliphatic rings. The number of phenols is 1. The van der Waals surface area contributed by atoms with Gasteiger partial charge in [0.15, 0.2) is 5.96 Å². The highest BCUT2D eigenvalue weighted by Gasteiger charge is 2.13. The summed E-state index contributed by atoms with van der Waals surface area (Å²) in [6, 6.07) is 9.43. The van der Waals surface area contributed by atoms with Crippen molar-refractivity contribution >= 4 is 27.9 Å². The molecule has 0 unspecified atom stereocenters. The summed E-state index contributed by atoms with van der Waals surface area (Å²) in [6.07, 6.45) is 1.52. The van der Waals surface area contributed by atoms with Crippen molar-refractivity contribution in [2.24, 2.45) is 10.7 Å². The standard InChI is InChI=1S/C16H18N4O3S/c1-10-7-11(2)15(21)12(8-10)9-19-13-3-5-14(6-4-13)24(22,23)20-16(17)18/h3-9,21H,1-2H3,(H4,17,18,20)/b19-9+. The van der Waals surface area contributed by atoms with Crippen molar-refractivity contribution < 1.29 is 13.5 Å². The zero-order valence-corrected chi connectivity index (χ0v) is 14.1. The first-order valence-electron chi connectivity index (χ1n) is 7.00. The summed E-state index contributed by atoms with van der Waals surface area (Å²) >= 11 is 0. The van der Waals surface area contributed by atoms with Crippen molar-refractivity contribution in [2.75, 3.05) is 0 Å².